The number of carbonyl (C=O) groups is 2. The van der Waals surface area contributed by atoms with Crippen molar-refractivity contribution in [2.24, 2.45) is 5.92 Å². The molecule has 1 aliphatic heterocycles. The van der Waals surface area contributed by atoms with Crippen LogP contribution in [-0.2, 0) is 0 Å². The Morgan fingerprint density at radius 3 is 2.39 bits per heavy atom. The van der Waals surface area contributed by atoms with Gasteiger partial charge in [0.05, 0.1) is 0 Å². The number of amides is 2. The highest BCUT2D eigenvalue weighted by Gasteiger charge is 2.16. The van der Waals surface area contributed by atoms with E-state index in [4.69, 9.17) is 0 Å². The number of nitrogens with zero attached hydrogens (tertiary/aromatic N) is 2. The van der Waals surface area contributed by atoms with Crippen LogP contribution in [0.2, 0.25) is 0 Å². The van der Waals surface area contributed by atoms with Gasteiger partial charge in [0.2, 0.25) is 0 Å². The molecule has 6 nitrogen and oxygen atoms in total. The number of piperidine rings is 1. The van der Waals surface area contributed by atoms with Crippen LogP contribution >= 0.6 is 0 Å². The maximum absolute atomic E-state index is 12.5. The summed E-state index contributed by atoms with van der Waals surface area (Å²) in [5.41, 5.74) is 2.26. The predicted octanol–water partition coefficient (Wildman–Crippen LogP) is 3.49. The van der Waals surface area contributed by atoms with Crippen molar-refractivity contribution >= 4 is 23.2 Å². The van der Waals surface area contributed by atoms with E-state index in [1.165, 1.54) is 18.5 Å². The van der Waals surface area contributed by atoms with Gasteiger partial charge in [-0.15, -0.1) is 6.58 Å². The highest BCUT2D eigenvalue weighted by atomic mass is 16.2. The first kappa shape index (κ1) is 19.6. The van der Waals surface area contributed by atoms with E-state index in [1.807, 2.05) is 24.3 Å². The van der Waals surface area contributed by atoms with E-state index in [-0.39, 0.29) is 23.2 Å². The van der Waals surface area contributed by atoms with Gasteiger partial charge in [0, 0.05) is 31.0 Å². The van der Waals surface area contributed by atoms with Crippen molar-refractivity contribution in [1.82, 2.24) is 10.3 Å². The van der Waals surface area contributed by atoms with E-state index in [2.05, 4.69) is 34.0 Å². The third kappa shape index (κ3) is 4.97. The molecule has 1 saturated heterocycles. The molecule has 2 heterocycles. The minimum absolute atomic E-state index is 0.195. The Balaban J connectivity index is 1.63. The van der Waals surface area contributed by atoms with Gasteiger partial charge in [0.15, 0.2) is 0 Å². The number of hydrogen-bond acceptors (Lipinski definition) is 4. The quantitative estimate of drug-likeness (QED) is 0.755. The Hall–Kier alpha value is -3.15. The Morgan fingerprint density at radius 2 is 1.75 bits per heavy atom. The molecule has 0 bridgehead atoms. The third-order valence-electron chi connectivity index (χ3n) is 4.90. The van der Waals surface area contributed by atoms with E-state index < -0.39 is 0 Å². The molecule has 0 saturated carbocycles. The Kier molecular flexibility index (Phi) is 6.42. The second-order valence-electron chi connectivity index (χ2n) is 7.08. The number of anilines is 2. The smallest absolute Gasteiger partial charge is 0.274 e. The average molecular weight is 378 g/mol. The van der Waals surface area contributed by atoms with Gasteiger partial charge >= 0.3 is 0 Å². The zero-order valence-electron chi connectivity index (χ0n) is 16.1. The lowest BCUT2D eigenvalue weighted by molar-refractivity contribution is 0.0953. The summed E-state index contributed by atoms with van der Waals surface area (Å²) in [6.45, 7) is 8.33. The van der Waals surface area contributed by atoms with Crippen LogP contribution in [0.4, 0.5) is 11.4 Å². The number of rotatable bonds is 6. The number of aromatic nitrogens is 1. The first-order valence-electron chi connectivity index (χ1n) is 9.59. The fourth-order valence-electron chi connectivity index (χ4n) is 3.16. The lowest BCUT2D eigenvalue weighted by atomic mass is 9.99. The van der Waals surface area contributed by atoms with Crippen LogP contribution in [0.15, 0.2) is 55.1 Å². The molecule has 0 spiro atoms. The lowest BCUT2D eigenvalue weighted by Crippen LogP contribution is -2.32. The largest absolute Gasteiger partial charge is 0.372 e. The number of carbonyl (C=O) groups excluding carboxylic acids is 2. The molecule has 0 radical (unpaired) electrons. The van der Waals surface area contributed by atoms with Crippen molar-refractivity contribution in [2.75, 3.05) is 29.9 Å². The summed E-state index contributed by atoms with van der Waals surface area (Å²) in [5.74, 6) is 0.101. The monoisotopic (exact) mass is 378 g/mol. The Labute approximate surface area is 165 Å². The van der Waals surface area contributed by atoms with Crippen LogP contribution in [0.1, 0.15) is 40.7 Å². The summed E-state index contributed by atoms with van der Waals surface area (Å²) in [7, 11) is 0. The van der Waals surface area contributed by atoms with Gasteiger partial charge in [-0.05, 0) is 55.2 Å². The van der Waals surface area contributed by atoms with E-state index >= 15 is 0 Å². The molecule has 1 aromatic carbocycles. The van der Waals surface area contributed by atoms with E-state index in [0.29, 0.717) is 12.2 Å². The van der Waals surface area contributed by atoms with Crippen molar-refractivity contribution in [2.45, 2.75) is 19.8 Å². The molecule has 1 aliphatic rings. The molecule has 0 atom stereocenters. The second kappa shape index (κ2) is 9.17. The summed E-state index contributed by atoms with van der Waals surface area (Å²) < 4.78 is 0. The summed E-state index contributed by atoms with van der Waals surface area (Å²) in [5, 5.41) is 5.49. The topological polar surface area (TPSA) is 74.3 Å². The van der Waals surface area contributed by atoms with E-state index in [0.717, 1.165) is 19.0 Å². The molecule has 2 N–H and O–H groups in total. The van der Waals surface area contributed by atoms with Crippen molar-refractivity contribution in [3.63, 3.8) is 0 Å². The van der Waals surface area contributed by atoms with Crippen LogP contribution in [-0.4, -0.2) is 36.4 Å². The van der Waals surface area contributed by atoms with Crippen molar-refractivity contribution in [3.8, 4) is 0 Å². The zero-order valence-corrected chi connectivity index (χ0v) is 16.1. The highest BCUT2D eigenvalue weighted by Crippen LogP contribution is 2.24. The summed E-state index contributed by atoms with van der Waals surface area (Å²) in [4.78, 5) is 31.0. The maximum Gasteiger partial charge on any atom is 0.274 e. The molecule has 1 aromatic heterocycles. The number of pyridine rings is 1. The van der Waals surface area contributed by atoms with Gasteiger partial charge in [-0.1, -0.05) is 19.1 Å². The van der Waals surface area contributed by atoms with Gasteiger partial charge in [-0.2, -0.15) is 0 Å². The first-order valence-corrected chi connectivity index (χ1v) is 9.59. The standard InChI is InChI=1S/C22H26N4O2/c1-3-13-23-21(27)19-5-4-6-20(25-19)22(28)24-17-7-9-18(10-8-17)26-14-11-16(2)12-15-26/h3-10,16H,1,11-15H2,2H3,(H,23,27)(H,24,28). The molecule has 1 fully saturated rings. The SMILES string of the molecule is C=CCNC(=O)c1cccc(C(=O)Nc2ccc(N3CCC(C)CC3)cc2)n1. The number of nitrogens with one attached hydrogen (secondary N) is 2. The summed E-state index contributed by atoms with van der Waals surface area (Å²) in [6, 6.07) is 12.6. The average Bonchev–Trinajstić information content (AvgIpc) is 2.73. The molecule has 146 valence electrons. The van der Waals surface area contributed by atoms with E-state index in [9.17, 15) is 9.59 Å². The Bertz CT molecular complexity index is 840. The molecule has 3 rings (SSSR count). The predicted molar refractivity (Wildman–Crippen MR) is 112 cm³/mol. The van der Waals surface area contributed by atoms with Crippen LogP contribution in [0.5, 0.6) is 0 Å². The van der Waals surface area contributed by atoms with Gasteiger partial charge in [-0.25, -0.2) is 4.98 Å². The molecule has 0 unspecified atom stereocenters. The van der Waals surface area contributed by atoms with Gasteiger partial charge in [-0.3, -0.25) is 9.59 Å². The van der Waals surface area contributed by atoms with Crippen LogP contribution < -0.4 is 15.5 Å². The normalized spacial score (nSPS) is 14.4. The fourth-order valence-corrected chi connectivity index (χ4v) is 3.16. The zero-order chi connectivity index (χ0) is 19.9. The van der Waals surface area contributed by atoms with Crippen LogP contribution in [0.3, 0.4) is 0 Å². The maximum atomic E-state index is 12.5. The minimum atomic E-state index is -0.349. The minimum Gasteiger partial charge on any atom is -0.372 e. The molecule has 28 heavy (non-hydrogen) atoms. The highest BCUT2D eigenvalue weighted by molar-refractivity contribution is 6.03. The second-order valence-corrected chi connectivity index (χ2v) is 7.08. The van der Waals surface area contributed by atoms with Crippen molar-refractivity contribution in [3.05, 3.63) is 66.5 Å². The van der Waals surface area contributed by atoms with Crippen LogP contribution in [0.25, 0.3) is 0 Å². The Morgan fingerprint density at radius 1 is 1.11 bits per heavy atom. The van der Waals surface area contributed by atoms with Crippen LogP contribution in [0, 0.1) is 5.92 Å². The molecule has 6 heteroatoms. The van der Waals surface area contributed by atoms with Crippen molar-refractivity contribution in [1.29, 1.82) is 0 Å². The molecular weight excluding hydrogens is 352 g/mol. The lowest BCUT2D eigenvalue weighted by Gasteiger charge is -2.32. The molecule has 2 amide bonds. The number of hydrogen-bond donors (Lipinski definition) is 2. The van der Waals surface area contributed by atoms with E-state index in [1.54, 1.807) is 24.3 Å². The van der Waals surface area contributed by atoms with Gasteiger partial charge in [0.25, 0.3) is 11.8 Å². The fraction of sp³-hybridized carbons (Fsp3) is 0.318. The summed E-state index contributed by atoms with van der Waals surface area (Å²) in [6.07, 6.45) is 4.00. The number of benzene rings is 1. The van der Waals surface area contributed by atoms with Gasteiger partial charge in [0.1, 0.15) is 11.4 Å². The first-order chi connectivity index (χ1) is 13.6. The molecular formula is C22H26N4O2. The molecule has 2 aromatic rings. The summed E-state index contributed by atoms with van der Waals surface area (Å²) >= 11 is 0. The van der Waals surface area contributed by atoms with Gasteiger partial charge < -0.3 is 15.5 Å². The third-order valence-corrected chi connectivity index (χ3v) is 4.90. The molecule has 0 aliphatic carbocycles. The van der Waals surface area contributed by atoms with Crippen molar-refractivity contribution < 1.29 is 9.59 Å².